The van der Waals surface area contributed by atoms with Gasteiger partial charge in [0, 0.05) is 23.8 Å². The largest absolute Gasteiger partial charge is 0.343 e. The average Bonchev–Trinajstić information content (AvgIpc) is 3.25. The number of urea groups is 2. The number of benzene rings is 2. The van der Waals surface area contributed by atoms with Gasteiger partial charge in [-0.25, -0.2) is 26.4 Å². The molecule has 1 saturated heterocycles. The third-order valence-electron chi connectivity index (χ3n) is 4.61. The van der Waals surface area contributed by atoms with Crippen LogP contribution in [0.2, 0.25) is 5.02 Å². The summed E-state index contributed by atoms with van der Waals surface area (Å²) in [6, 6.07) is 8.71. The van der Waals surface area contributed by atoms with E-state index in [0.717, 1.165) is 19.1 Å². The van der Waals surface area contributed by atoms with Gasteiger partial charge in [0.25, 0.3) is 0 Å². The summed E-state index contributed by atoms with van der Waals surface area (Å²) in [4.78, 5) is 24.8. The molecule has 0 aliphatic carbocycles. The lowest BCUT2D eigenvalue weighted by atomic mass is 10.3. The van der Waals surface area contributed by atoms with Gasteiger partial charge < -0.3 is 5.32 Å². The van der Waals surface area contributed by atoms with Crippen molar-refractivity contribution in [2.45, 2.75) is 17.7 Å². The van der Waals surface area contributed by atoms with Gasteiger partial charge in [-0.15, -0.1) is 0 Å². The van der Waals surface area contributed by atoms with Crippen molar-refractivity contribution in [2.75, 3.05) is 29.0 Å². The molecule has 0 radical (unpaired) electrons. The summed E-state index contributed by atoms with van der Waals surface area (Å²) in [7, 11) is -7.65. The molecule has 0 aromatic heterocycles. The van der Waals surface area contributed by atoms with Crippen LogP contribution in [0.15, 0.2) is 53.4 Å². The molecule has 2 N–H and O–H groups in total. The minimum atomic E-state index is -4.05. The number of rotatable bonds is 5. The molecular formula is C19H21ClN4O6S2. The molecule has 3 rings (SSSR count). The Morgan fingerprint density at radius 3 is 2.03 bits per heavy atom. The van der Waals surface area contributed by atoms with E-state index in [-0.39, 0.29) is 16.3 Å². The molecule has 10 nitrogen and oxygen atoms in total. The van der Waals surface area contributed by atoms with Crippen molar-refractivity contribution in [1.82, 2.24) is 9.62 Å². The summed E-state index contributed by atoms with van der Waals surface area (Å²) in [6.07, 6.45) is 2.44. The SMILES string of the molecule is CS(=O)(=O)N(C(=O)NC(=O)Nc1ccc(S(=O)(=O)N2CCCC2)cc1)c1ccc(Cl)cc1. The maximum Gasteiger partial charge on any atom is 0.343 e. The lowest BCUT2D eigenvalue weighted by molar-refractivity contribution is 0.238. The smallest absolute Gasteiger partial charge is 0.308 e. The number of carbonyl (C=O) groups is 2. The maximum atomic E-state index is 12.5. The van der Waals surface area contributed by atoms with Crippen LogP contribution in [0.5, 0.6) is 0 Å². The molecule has 2 aromatic rings. The second kappa shape index (κ2) is 9.45. The van der Waals surface area contributed by atoms with Gasteiger partial charge in [-0.1, -0.05) is 11.6 Å². The number of nitrogens with one attached hydrogen (secondary N) is 2. The number of hydrogen-bond acceptors (Lipinski definition) is 6. The highest BCUT2D eigenvalue weighted by molar-refractivity contribution is 7.92. The fraction of sp³-hybridized carbons (Fsp3) is 0.263. The van der Waals surface area contributed by atoms with Crippen LogP contribution in [0.4, 0.5) is 21.0 Å². The van der Waals surface area contributed by atoms with Crippen molar-refractivity contribution in [3.05, 3.63) is 53.6 Å². The van der Waals surface area contributed by atoms with Crippen molar-refractivity contribution in [3.8, 4) is 0 Å². The Hall–Kier alpha value is -2.67. The Kier molecular flexibility index (Phi) is 7.08. The molecule has 0 bridgehead atoms. The van der Waals surface area contributed by atoms with E-state index < -0.39 is 32.1 Å². The van der Waals surface area contributed by atoms with E-state index in [0.29, 0.717) is 22.4 Å². The van der Waals surface area contributed by atoms with E-state index >= 15 is 0 Å². The monoisotopic (exact) mass is 500 g/mol. The van der Waals surface area contributed by atoms with Gasteiger partial charge in [0.2, 0.25) is 20.0 Å². The van der Waals surface area contributed by atoms with Crippen molar-refractivity contribution in [2.24, 2.45) is 0 Å². The number of imide groups is 1. The Bertz CT molecular complexity index is 1210. The summed E-state index contributed by atoms with van der Waals surface area (Å²) >= 11 is 5.79. The molecular weight excluding hydrogens is 480 g/mol. The number of amides is 4. The van der Waals surface area contributed by atoms with Gasteiger partial charge in [-0.05, 0) is 61.4 Å². The van der Waals surface area contributed by atoms with E-state index in [1.54, 1.807) is 0 Å². The Balaban J connectivity index is 1.69. The molecule has 2 aromatic carbocycles. The first-order chi connectivity index (χ1) is 15.0. The number of sulfonamides is 2. The first kappa shape index (κ1) is 24.0. The molecule has 0 spiro atoms. The van der Waals surface area contributed by atoms with Crippen LogP contribution >= 0.6 is 11.6 Å². The molecule has 0 saturated carbocycles. The van der Waals surface area contributed by atoms with Crippen LogP contribution in [0.25, 0.3) is 0 Å². The van der Waals surface area contributed by atoms with Gasteiger partial charge in [0.1, 0.15) is 0 Å². The number of carbonyl (C=O) groups excluding carboxylic acids is 2. The highest BCUT2D eigenvalue weighted by atomic mass is 35.5. The van der Waals surface area contributed by atoms with E-state index in [4.69, 9.17) is 11.6 Å². The number of halogens is 1. The number of anilines is 2. The standard InChI is InChI=1S/C19H21ClN4O6S2/c1-31(27,28)24(16-8-4-14(20)5-9-16)19(26)22-18(25)21-15-6-10-17(11-7-15)32(29,30)23-12-2-3-13-23/h4-11H,2-3,12-13H2,1H3,(H2,21,22,25,26). The van der Waals surface area contributed by atoms with E-state index in [1.807, 2.05) is 5.32 Å². The van der Waals surface area contributed by atoms with Crippen molar-refractivity contribution in [3.63, 3.8) is 0 Å². The maximum absolute atomic E-state index is 12.5. The molecule has 1 aliphatic heterocycles. The molecule has 13 heteroatoms. The van der Waals surface area contributed by atoms with E-state index in [2.05, 4.69) is 5.32 Å². The fourth-order valence-electron chi connectivity index (χ4n) is 3.13. The average molecular weight is 501 g/mol. The molecule has 4 amide bonds. The summed E-state index contributed by atoms with van der Waals surface area (Å²) in [6.45, 7) is 0.939. The lowest BCUT2D eigenvalue weighted by Gasteiger charge is -2.20. The van der Waals surface area contributed by atoms with E-state index in [1.165, 1.54) is 52.8 Å². The summed E-state index contributed by atoms with van der Waals surface area (Å²) in [5.41, 5.74) is 0.215. The Morgan fingerprint density at radius 1 is 0.938 bits per heavy atom. The van der Waals surface area contributed by atoms with Crippen LogP contribution in [0.1, 0.15) is 12.8 Å². The highest BCUT2D eigenvalue weighted by Gasteiger charge is 2.28. The predicted octanol–water partition coefficient (Wildman–Crippen LogP) is 2.83. The number of hydrogen-bond donors (Lipinski definition) is 2. The second-order valence-electron chi connectivity index (χ2n) is 7.02. The van der Waals surface area contributed by atoms with Crippen LogP contribution < -0.4 is 14.9 Å². The second-order valence-corrected chi connectivity index (χ2v) is 11.2. The Morgan fingerprint density at radius 2 is 1.50 bits per heavy atom. The third-order valence-corrected chi connectivity index (χ3v) is 7.82. The zero-order valence-electron chi connectivity index (χ0n) is 17.0. The minimum Gasteiger partial charge on any atom is -0.308 e. The van der Waals surface area contributed by atoms with Crippen LogP contribution in [0.3, 0.4) is 0 Å². The molecule has 1 heterocycles. The zero-order chi connectivity index (χ0) is 23.5. The highest BCUT2D eigenvalue weighted by Crippen LogP contribution is 2.23. The third kappa shape index (κ3) is 5.57. The fourth-order valence-corrected chi connectivity index (χ4v) is 5.63. The molecule has 0 atom stereocenters. The first-order valence-electron chi connectivity index (χ1n) is 9.46. The zero-order valence-corrected chi connectivity index (χ0v) is 19.4. The van der Waals surface area contributed by atoms with Gasteiger partial charge in [0.05, 0.1) is 16.8 Å². The van der Waals surface area contributed by atoms with Gasteiger partial charge >= 0.3 is 12.1 Å². The van der Waals surface area contributed by atoms with E-state index in [9.17, 15) is 26.4 Å². The summed E-state index contributed by atoms with van der Waals surface area (Å²) < 4.78 is 51.1. The van der Waals surface area contributed by atoms with Gasteiger partial charge in [0.15, 0.2) is 0 Å². The molecule has 0 unspecified atom stereocenters. The molecule has 172 valence electrons. The summed E-state index contributed by atoms with van der Waals surface area (Å²) in [5, 5.41) is 4.65. The normalized spacial score (nSPS) is 14.7. The van der Waals surface area contributed by atoms with Crippen molar-refractivity contribution < 1.29 is 26.4 Å². The predicted molar refractivity (Wildman–Crippen MR) is 121 cm³/mol. The first-order valence-corrected chi connectivity index (χ1v) is 13.1. The quantitative estimate of drug-likeness (QED) is 0.648. The van der Waals surface area contributed by atoms with Crippen LogP contribution in [0, 0.1) is 0 Å². The molecule has 1 fully saturated rings. The minimum absolute atomic E-state index is 0.00123. The van der Waals surface area contributed by atoms with Crippen LogP contribution in [-0.2, 0) is 20.0 Å². The Labute approximate surface area is 191 Å². The topological polar surface area (TPSA) is 133 Å². The number of nitrogens with zero attached hydrogens (tertiary/aromatic N) is 2. The van der Waals surface area contributed by atoms with Crippen LogP contribution in [-0.4, -0.2) is 52.5 Å². The molecule has 1 aliphatic rings. The van der Waals surface area contributed by atoms with Crippen molar-refractivity contribution in [1.29, 1.82) is 0 Å². The van der Waals surface area contributed by atoms with Gasteiger partial charge in [-0.2, -0.15) is 8.61 Å². The molecule has 32 heavy (non-hydrogen) atoms. The van der Waals surface area contributed by atoms with Gasteiger partial charge in [-0.3, -0.25) is 5.32 Å². The summed E-state index contributed by atoms with van der Waals surface area (Å²) in [5.74, 6) is 0. The van der Waals surface area contributed by atoms with Crippen molar-refractivity contribution >= 4 is 55.1 Å². The lowest BCUT2D eigenvalue weighted by Crippen LogP contribution is -2.47.